The molecular weight excluding hydrogens is 238 g/mol. The van der Waals surface area contributed by atoms with Crippen molar-refractivity contribution in [1.82, 2.24) is 4.90 Å². The Labute approximate surface area is 116 Å². The predicted molar refractivity (Wildman–Crippen MR) is 77.6 cm³/mol. The second kappa shape index (κ2) is 6.92. The van der Waals surface area contributed by atoms with Gasteiger partial charge < -0.3 is 14.7 Å². The van der Waals surface area contributed by atoms with Crippen molar-refractivity contribution in [2.45, 2.75) is 38.7 Å². The SMILES string of the molecule is COc1ccc(C(O)CN2CCCCCC2)cc1C. The Bertz CT molecular complexity index is 398. The van der Waals surface area contributed by atoms with E-state index in [1.54, 1.807) is 7.11 Å². The van der Waals surface area contributed by atoms with Crippen LogP contribution in [0.15, 0.2) is 18.2 Å². The molecule has 1 heterocycles. The highest BCUT2D eigenvalue weighted by molar-refractivity contribution is 5.37. The van der Waals surface area contributed by atoms with Crippen molar-refractivity contribution in [2.24, 2.45) is 0 Å². The molecule has 1 N–H and O–H groups in total. The summed E-state index contributed by atoms with van der Waals surface area (Å²) in [5.74, 6) is 0.880. The van der Waals surface area contributed by atoms with Crippen molar-refractivity contribution in [3.05, 3.63) is 29.3 Å². The van der Waals surface area contributed by atoms with Gasteiger partial charge in [-0.25, -0.2) is 0 Å². The third-order valence-corrected chi connectivity index (χ3v) is 3.93. The van der Waals surface area contributed by atoms with Gasteiger partial charge in [-0.15, -0.1) is 0 Å². The Morgan fingerprint density at radius 2 is 1.89 bits per heavy atom. The molecule has 0 spiro atoms. The molecule has 3 heteroatoms. The van der Waals surface area contributed by atoms with Crippen molar-refractivity contribution in [2.75, 3.05) is 26.7 Å². The van der Waals surface area contributed by atoms with E-state index >= 15 is 0 Å². The number of hydrogen-bond acceptors (Lipinski definition) is 3. The van der Waals surface area contributed by atoms with E-state index in [4.69, 9.17) is 4.74 Å². The summed E-state index contributed by atoms with van der Waals surface area (Å²) in [6.07, 6.45) is 4.77. The van der Waals surface area contributed by atoms with E-state index in [0.717, 1.165) is 36.5 Å². The minimum absolute atomic E-state index is 0.400. The number of rotatable bonds is 4. The summed E-state index contributed by atoms with van der Waals surface area (Å²) in [6.45, 7) is 4.99. The van der Waals surface area contributed by atoms with E-state index in [9.17, 15) is 5.11 Å². The number of β-amino-alcohol motifs (C(OH)–C–C–N with tert-alkyl or cyclic N) is 1. The number of hydrogen-bond donors (Lipinski definition) is 1. The second-order valence-corrected chi connectivity index (χ2v) is 5.46. The zero-order valence-corrected chi connectivity index (χ0v) is 12.1. The number of likely N-dealkylation sites (tertiary alicyclic amines) is 1. The largest absolute Gasteiger partial charge is 0.496 e. The van der Waals surface area contributed by atoms with Gasteiger partial charge in [0.1, 0.15) is 5.75 Å². The smallest absolute Gasteiger partial charge is 0.121 e. The molecule has 1 atom stereocenters. The number of nitrogens with zero attached hydrogens (tertiary/aromatic N) is 1. The average molecular weight is 263 g/mol. The summed E-state index contributed by atoms with van der Waals surface area (Å²) in [4.78, 5) is 2.39. The fraction of sp³-hybridized carbons (Fsp3) is 0.625. The lowest BCUT2D eigenvalue weighted by Gasteiger charge is -2.23. The van der Waals surface area contributed by atoms with E-state index < -0.39 is 6.10 Å². The summed E-state index contributed by atoms with van der Waals surface area (Å²) in [5, 5.41) is 10.4. The first kappa shape index (κ1) is 14.4. The minimum Gasteiger partial charge on any atom is -0.496 e. The maximum atomic E-state index is 10.4. The van der Waals surface area contributed by atoms with Crippen LogP contribution >= 0.6 is 0 Å². The van der Waals surface area contributed by atoms with E-state index in [-0.39, 0.29) is 0 Å². The topological polar surface area (TPSA) is 32.7 Å². The van der Waals surface area contributed by atoms with Crippen molar-refractivity contribution < 1.29 is 9.84 Å². The zero-order valence-electron chi connectivity index (χ0n) is 12.1. The molecule has 0 radical (unpaired) electrons. The van der Waals surface area contributed by atoms with Crippen molar-refractivity contribution in [3.8, 4) is 5.75 Å². The lowest BCUT2D eigenvalue weighted by atomic mass is 10.1. The molecular formula is C16H25NO2. The molecule has 0 aliphatic carbocycles. The number of benzene rings is 1. The van der Waals surface area contributed by atoms with Gasteiger partial charge in [0, 0.05) is 6.54 Å². The molecule has 19 heavy (non-hydrogen) atoms. The van der Waals surface area contributed by atoms with E-state index in [1.165, 1.54) is 25.7 Å². The fourth-order valence-corrected chi connectivity index (χ4v) is 2.78. The lowest BCUT2D eigenvalue weighted by molar-refractivity contribution is 0.115. The van der Waals surface area contributed by atoms with Crippen LogP contribution in [0.5, 0.6) is 5.75 Å². The molecule has 1 aliphatic heterocycles. The van der Waals surface area contributed by atoms with Crippen LogP contribution in [0.25, 0.3) is 0 Å². The molecule has 1 aromatic rings. The number of ether oxygens (including phenoxy) is 1. The highest BCUT2D eigenvalue weighted by atomic mass is 16.5. The molecule has 1 fully saturated rings. The molecule has 1 aromatic carbocycles. The third kappa shape index (κ3) is 3.95. The molecule has 3 nitrogen and oxygen atoms in total. The van der Waals surface area contributed by atoms with Gasteiger partial charge in [0.25, 0.3) is 0 Å². The van der Waals surface area contributed by atoms with E-state index in [1.807, 2.05) is 25.1 Å². The van der Waals surface area contributed by atoms with Gasteiger partial charge >= 0.3 is 0 Å². The maximum Gasteiger partial charge on any atom is 0.121 e. The first-order valence-corrected chi connectivity index (χ1v) is 7.25. The molecule has 106 valence electrons. The molecule has 1 unspecified atom stereocenters. The second-order valence-electron chi connectivity index (χ2n) is 5.46. The van der Waals surface area contributed by atoms with Gasteiger partial charge in [-0.3, -0.25) is 0 Å². The molecule has 0 bridgehead atoms. The van der Waals surface area contributed by atoms with Crippen molar-refractivity contribution in [3.63, 3.8) is 0 Å². The van der Waals surface area contributed by atoms with Crippen LogP contribution in [0.1, 0.15) is 42.9 Å². The van der Waals surface area contributed by atoms with Gasteiger partial charge in [0.05, 0.1) is 13.2 Å². The Kier molecular flexibility index (Phi) is 5.23. The zero-order chi connectivity index (χ0) is 13.7. The van der Waals surface area contributed by atoms with Gasteiger partial charge in [-0.05, 0) is 56.1 Å². The number of aliphatic hydroxyl groups excluding tert-OH is 1. The van der Waals surface area contributed by atoms with Crippen molar-refractivity contribution >= 4 is 0 Å². The van der Waals surface area contributed by atoms with Gasteiger partial charge in [0.2, 0.25) is 0 Å². The molecule has 1 saturated heterocycles. The van der Waals surface area contributed by atoms with Crippen LogP contribution in [0, 0.1) is 6.92 Å². The third-order valence-electron chi connectivity index (χ3n) is 3.93. The Morgan fingerprint density at radius 3 is 2.47 bits per heavy atom. The fourth-order valence-electron chi connectivity index (χ4n) is 2.78. The Morgan fingerprint density at radius 1 is 1.21 bits per heavy atom. The summed E-state index contributed by atoms with van der Waals surface area (Å²) >= 11 is 0. The maximum absolute atomic E-state index is 10.4. The number of methoxy groups -OCH3 is 1. The van der Waals surface area contributed by atoms with Crippen LogP contribution < -0.4 is 4.74 Å². The Balaban J connectivity index is 1.98. The molecule has 0 saturated carbocycles. The van der Waals surface area contributed by atoms with Gasteiger partial charge in [-0.2, -0.15) is 0 Å². The number of aliphatic hydroxyl groups is 1. The van der Waals surface area contributed by atoms with Crippen LogP contribution in [0.4, 0.5) is 0 Å². The lowest BCUT2D eigenvalue weighted by Crippen LogP contribution is -2.29. The Hall–Kier alpha value is -1.06. The summed E-state index contributed by atoms with van der Waals surface area (Å²) < 4.78 is 5.25. The van der Waals surface area contributed by atoms with E-state index in [0.29, 0.717) is 0 Å². The normalized spacial score (nSPS) is 18.9. The number of aryl methyl sites for hydroxylation is 1. The molecule has 1 aliphatic rings. The first-order chi connectivity index (χ1) is 9.20. The van der Waals surface area contributed by atoms with Crippen LogP contribution in [0.3, 0.4) is 0 Å². The van der Waals surface area contributed by atoms with Gasteiger partial charge in [-0.1, -0.05) is 18.9 Å². The average Bonchev–Trinajstić information content (AvgIpc) is 2.67. The molecule has 0 aromatic heterocycles. The van der Waals surface area contributed by atoms with Crippen LogP contribution in [-0.2, 0) is 0 Å². The van der Waals surface area contributed by atoms with Crippen LogP contribution in [-0.4, -0.2) is 36.8 Å². The quantitative estimate of drug-likeness (QED) is 0.906. The first-order valence-electron chi connectivity index (χ1n) is 7.25. The summed E-state index contributed by atoms with van der Waals surface area (Å²) in [5.41, 5.74) is 2.07. The standard InChI is InChI=1S/C16H25NO2/c1-13-11-14(7-8-16(13)19-2)15(18)12-17-9-5-3-4-6-10-17/h7-8,11,15,18H,3-6,9-10,12H2,1-2H3. The highest BCUT2D eigenvalue weighted by Crippen LogP contribution is 2.23. The molecule has 2 rings (SSSR count). The van der Waals surface area contributed by atoms with Crippen molar-refractivity contribution in [1.29, 1.82) is 0 Å². The summed E-state index contributed by atoms with van der Waals surface area (Å²) in [7, 11) is 1.68. The van der Waals surface area contributed by atoms with Gasteiger partial charge in [0.15, 0.2) is 0 Å². The van der Waals surface area contributed by atoms with E-state index in [2.05, 4.69) is 4.90 Å². The molecule has 0 amide bonds. The minimum atomic E-state index is -0.400. The predicted octanol–water partition coefficient (Wildman–Crippen LogP) is 2.91. The monoisotopic (exact) mass is 263 g/mol. The highest BCUT2D eigenvalue weighted by Gasteiger charge is 2.15. The van der Waals surface area contributed by atoms with Crippen LogP contribution in [0.2, 0.25) is 0 Å². The summed E-state index contributed by atoms with van der Waals surface area (Å²) in [6, 6.07) is 5.94.